The Balaban J connectivity index is 1.61. The molecule has 1 N–H and O–H groups in total. The Labute approximate surface area is 193 Å². The fourth-order valence-electron chi connectivity index (χ4n) is 4.07. The van der Waals surface area contributed by atoms with Gasteiger partial charge in [-0.25, -0.2) is 13.1 Å². The molecule has 4 rings (SSSR count). The summed E-state index contributed by atoms with van der Waals surface area (Å²) >= 11 is 0. The molecule has 0 aliphatic carbocycles. The third-order valence-electron chi connectivity index (χ3n) is 6.27. The van der Waals surface area contributed by atoms with E-state index in [0.717, 1.165) is 12.8 Å². The molecule has 0 radical (unpaired) electrons. The van der Waals surface area contributed by atoms with Crippen LogP contribution in [0.2, 0.25) is 0 Å². The summed E-state index contributed by atoms with van der Waals surface area (Å²) in [4.78, 5) is 26.1. The molecule has 1 saturated heterocycles. The number of hydrogen-bond acceptors (Lipinski definition) is 4. The van der Waals surface area contributed by atoms with Gasteiger partial charge >= 0.3 is 0 Å². The zero-order valence-corrected chi connectivity index (χ0v) is 19.8. The van der Waals surface area contributed by atoms with E-state index in [1.807, 2.05) is 30.3 Å². The third kappa shape index (κ3) is 4.38. The number of aromatic nitrogens is 2. The van der Waals surface area contributed by atoms with Crippen molar-refractivity contribution in [3.05, 3.63) is 76.2 Å². The van der Waals surface area contributed by atoms with Crippen molar-refractivity contribution in [3.8, 4) is 5.69 Å². The molecule has 0 saturated carbocycles. The number of nitrogens with zero attached hydrogens (tertiary/aromatic N) is 3. The highest BCUT2D eigenvalue weighted by Gasteiger charge is 2.28. The SMILES string of the molecule is Cc1c(NC(=O)c2cccc(S(=O)(=O)N3CCC(C)CC3)c2)c(=O)n(-c2ccccc2)n1C. The summed E-state index contributed by atoms with van der Waals surface area (Å²) < 4.78 is 30.8. The molecule has 1 amide bonds. The van der Waals surface area contributed by atoms with Crippen molar-refractivity contribution in [3.63, 3.8) is 0 Å². The molecule has 0 atom stereocenters. The lowest BCUT2D eigenvalue weighted by molar-refractivity contribution is 0.102. The highest BCUT2D eigenvalue weighted by molar-refractivity contribution is 7.89. The van der Waals surface area contributed by atoms with Crippen molar-refractivity contribution in [2.45, 2.75) is 31.6 Å². The van der Waals surface area contributed by atoms with E-state index in [2.05, 4.69) is 12.2 Å². The van der Waals surface area contributed by atoms with Gasteiger partial charge < -0.3 is 5.32 Å². The highest BCUT2D eigenvalue weighted by Crippen LogP contribution is 2.24. The number of carbonyl (C=O) groups excluding carboxylic acids is 1. The van der Waals surface area contributed by atoms with Crippen LogP contribution < -0.4 is 10.9 Å². The Kier molecular flexibility index (Phi) is 6.27. The lowest BCUT2D eigenvalue weighted by Crippen LogP contribution is -2.37. The number of benzene rings is 2. The average Bonchev–Trinajstić information content (AvgIpc) is 3.03. The van der Waals surface area contributed by atoms with Crippen molar-refractivity contribution < 1.29 is 13.2 Å². The van der Waals surface area contributed by atoms with Crippen molar-refractivity contribution >= 4 is 21.6 Å². The normalized spacial score (nSPS) is 15.5. The highest BCUT2D eigenvalue weighted by atomic mass is 32.2. The Hall–Kier alpha value is -3.17. The van der Waals surface area contributed by atoms with Crippen molar-refractivity contribution in [1.82, 2.24) is 13.7 Å². The quantitative estimate of drug-likeness (QED) is 0.623. The van der Waals surface area contributed by atoms with E-state index in [0.29, 0.717) is 30.4 Å². The summed E-state index contributed by atoms with van der Waals surface area (Å²) in [6, 6.07) is 15.1. The van der Waals surface area contributed by atoms with Crippen molar-refractivity contribution in [1.29, 1.82) is 0 Å². The van der Waals surface area contributed by atoms with Crippen LogP contribution in [0.4, 0.5) is 5.69 Å². The van der Waals surface area contributed by atoms with Crippen LogP contribution >= 0.6 is 0 Å². The minimum Gasteiger partial charge on any atom is -0.316 e. The summed E-state index contributed by atoms with van der Waals surface area (Å²) in [5.74, 6) is -0.0343. The third-order valence-corrected chi connectivity index (χ3v) is 8.16. The minimum atomic E-state index is -3.69. The minimum absolute atomic E-state index is 0.0798. The Morgan fingerprint density at radius 2 is 1.70 bits per heavy atom. The van der Waals surface area contributed by atoms with Gasteiger partial charge in [-0.15, -0.1) is 0 Å². The van der Waals surface area contributed by atoms with Gasteiger partial charge in [0.15, 0.2) is 0 Å². The topological polar surface area (TPSA) is 93.4 Å². The van der Waals surface area contributed by atoms with E-state index in [4.69, 9.17) is 0 Å². The summed E-state index contributed by atoms with van der Waals surface area (Å²) in [7, 11) is -1.94. The molecule has 1 fully saturated rings. The van der Waals surface area contributed by atoms with Gasteiger partial charge in [0, 0.05) is 25.7 Å². The smallest absolute Gasteiger partial charge is 0.295 e. The van der Waals surface area contributed by atoms with Gasteiger partial charge in [0.25, 0.3) is 11.5 Å². The van der Waals surface area contributed by atoms with Crippen LogP contribution in [0.1, 0.15) is 35.8 Å². The fraction of sp³-hybridized carbons (Fsp3) is 0.333. The van der Waals surface area contributed by atoms with Crippen LogP contribution in [-0.4, -0.2) is 41.1 Å². The molecule has 8 nitrogen and oxygen atoms in total. The Bertz CT molecular complexity index is 1330. The number of anilines is 1. The molecule has 2 heterocycles. The number of amides is 1. The second-order valence-corrected chi connectivity index (χ2v) is 10.4. The van der Waals surface area contributed by atoms with Crippen LogP contribution in [0.15, 0.2) is 64.3 Å². The first-order valence-corrected chi connectivity index (χ1v) is 12.4. The number of carbonyl (C=O) groups is 1. The van der Waals surface area contributed by atoms with Gasteiger partial charge in [0.05, 0.1) is 16.3 Å². The van der Waals surface area contributed by atoms with Crippen LogP contribution in [0.3, 0.4) is 0 Å². The fourth-order valence-corrected chi connectivity index (χ4v) is 5.59. The van der Waals surface area contributed by atoms with E-state index in [-0.39, 0.29) is 21.7 Å². The first-order valence-electron chi connectivity index (χ1n) is 11.0. The van der Waals surface area contributed by atoms with Crippen LogP contribution in [-0.2, 0) is 17.1 Å². The number of para-hydroxylation sites is 1. The first kappa shape index (κ1) is 23.0. The molecular weight excluding hydrogens is 440 g/mol. The zero-order valence-electron chi connectivity index (χ0n) is 19.0. The predicted molar refractivity (Wildman–Crippen MR) is 127 cm³/mol. The van der Waals surface area contributed by atoms with Gasteiger partial charge in [0.1, 0.15) is 5.69 Å². The average molecular weight is 469 g/mol. The molecule has 1 aliphatic rings. The van der Waals surface area contributed by atoms with Crippen LogP contribution in [0.25, 0.3) is 5.69 Å². The number of hydrogen-bond donors (Lipinski definition) is 1. The predicted octanol–water partition coefficient (Wildman–Crippen LogP) is 3.16. The summed E-state index contributed by atoms with van der Waals surface area (Å²) in [5.41, 5.74) is 1.24. The van der Waals surface area contributed by atoms with Gasteiger partial charge in [-0.05, 0) is 56.0 Å². The Morgan fingerprint density at radius 3 is 2.36 bits per heavy atom. The lowest BCUT2D eigenvalue weighted by atomic mass is 10.0. The molecule has 0 spiro atoms. The van der Waals surface area contributed by atoms with Crippen LogP contribution in [0.5, 0.6) is 0 Å². The maximum Gasteiger partial charge on any atom is 0.295 e. The lowest BCUT2D eigenvalue weighted by Gasteiger charge is -2.29. The van der Waals surface area contributed by atoms with Gasteiger partial charge in [-0.2, -0.15) is 4.31 Å². The maximum atomic E-state index is 13.1. The standard InChI is InChI=1S/C24H28N4O4S/c1-17-12-14-27(15-13-17)33(31,32)21-11-7-8-19(16-21)23(29)25-22-18(2)26(3)28(24(22)30)20-9-5-4-6-10-20/h4-11,16-17H,12-15H2,1-3H3,(H,25,29). The number of nitrogens with one attached hydrogen (secondary N) is 1. The second-order valence-electron chi connectivity index (χ2n) is 8.51. The summed E-state index contributed by atoms with van der Waals surface area (Å²) in [6.07, 6.45) is 1.64. The second kappa shape index (κ2) is 8.99. The monoisotopic (exact) mass is 468 g/mol. The summed E-state index contributed by atoms with van der Waals surface area (Å²) in [6.45, 7) is 4.81. The molecule has 2 aromatic carbocycles. The van der Waals surface area contributed by atoms with E-state index >= 15 is 0 Å². The molecule has 1 aromatic heterocycles. The van der Waals surface area contributed by atoms with E-state index in [1.54, 1.807) is 30.8 Å². The van der Waals surface area contributed by atoms with E-state index < -0.39 is 15.9 Å². The van der Waals surface area contributed by atoms with Gasteiger partial charge in [0.2, 0.25) is 10.0 Å². The van der Waals surface area contributed by atoms with Gasteiger partial charge in [-0.3, -0.25) is 14.3 Å². The molecule has 1 aliphatic heterocycles. The number of sulfonamides is 1. The maximum absolute atomic E-state index is 13.1. The van der Waals surface area contributed by atoms with E-state index in [9.17, 15) is 18.0 Å². The first-order chi connectivity index (χ1) is 15.7. The zero-order chi connectivity index (χ0) is 23.8. The van der Waals surface area contributed by atoms with E-state index in [1.165, 1.54) is 21.1 Å². The molecule has 33 heavy (non-hydrogen) atoms. The largest absolute Gasteiger partial charge is 0.316 e. The number of rotatable bonds is 5. The summed E-state index contributed by atoms with van der Waals surface area (Å²) in [5, 5.41) is 2.69. The van der Waals surface area contributed by atoms with Crippen molar-refractivity contribution in [2.75, 3.05) is 18.4 Å². The molecule has 174 valence electrons. The molecule has 0 unspecified atom stereocenters. The van der Waals surface area contributed by atoms with Crippen molar-refractivity contribution in [2.24, 2.45) is 13.0 Å². The molecular formula is C24H28N4O4S. The molecule has 9 heteroatoms. The number of piperidine rings is 1. The Morgan fingerprint density at radius 1 is 1.03 bits per heavy atom. The molecule has 3 aromatic rings. The van der Waals surface area contributed by atoms with Gasteiger partial charge in [-0.1, -0.05) is 31.2 Å². The molecule has 0 bridgehead atoms. The van der Waals surface area contributed by atoms with Crippen LogP contribution in [0, 0.1) is 12.8 Å².